The van der Waals surface area contributed by atoms with Gasteiger partial charge in [0, 0.05) is 18.6 Å². The van der Waals surface area contributed by atoms with Gasteiger partial charge in [0.05, 0.1) is 30.0 Å². The number of hydrogen-bond donors (Lipinski definition) is 2. The van der Waals surface area contributed by atoms with Crippen LogP contribution in [0.15, 0.2) is 24.5 Å². The molecule has 7 nitrogen and oxygen atoms in total. The second-order valence-electron chi connectivity index (χ2n) is 8.40. The molecule has 1 saturated heterocycles. The molecule has 2 aromatic rings. The van der Waals surface area contributed by atoms with E-state index in [1.165, 1.54) is 0 Å². The Balaban J connectivity index is 1.45. The minimum absolute atomic E-state index is 0.0680. The molecule has 0 spiro atoms. The summed E-state index contributed by atoms with van der Waals surface area (Å²) in [4.78, 5) is 23.2. The molecule has 4 rings (SSSR count). The van der Waals surface area contributed by atoms with Gasteiger partial charge in [0.2, 0.25) is 5.91 Å². The molecule has 1 aliphatic heterocycles. The Bertz CT molecular complexity index is 868. The molecule has 1 aromatic heterocycles. The lowest BCUT2D eigenvalue weighted by molar-refractivity contribution is -0.141. The van der Waals surface area contributed by atoms with Gasteiger partial charge in [0.1, 0.15) is 17.9 Å². The molecule has 28 heavy (non-hydrogen) atoms. The Morgan fingerprint density at radius 1 is 1.25 bits per heavy atom. The molecule has 1 aliphatic carbocycles. The predicted octanol–water partition coefficient (Wildman–Crippen LogP) is 2.74. The standard InChI is InChI=1S/C21H28N4O3/c1-20(9-11-25(12-10-20)17(26)13-21(27)7-4-8-21)24-19-18-15(22-14-23-19)5-3-6-16(18)28-2/h3,5-6,14,27H,4,7-13H2,1-2H3,(H,22,23,24). The number of aliphatic hydroxyl groups is 1. The second kappa shape index (κ2) is 7.20. The average molecular weight is 384 g/mol. The van der Waals surface area contributed by atoms with Crippen LogP contribution in [-0.4, -0.2) is 57.2 Å². The fourth-order valence-corrected chi connectivity index (χ4v) is 4.16. The molecule has 2 fully saturated rings. The van der Waals surface area contributed by atoms with Gasteiger partial charge in [-0.25, -0.2) is 9.97 Å². The maximum Gasteiger partial charge on any atom is 0.225 e. The molecular formula is C21H28N4O3. The largest absolute Gasteiger partial charge is 0.496 e. The van der Waals surface area contributed by atoms with E-state index in [1.54, 1.807) is 13.4 Å². The van der Waals surface area contributed by atoms with E-state index in [4.69, 9.17) is 4.74 Å². The van der Waals surface area contributed by atoms with Crippen LogP contribution in [0.2, 0.25) is 0 Å². The molecule has 0 radical (unpaired) electrons. The van der Waals surface area contributed by atoms with Crippen molar-refractivity contribution in [1.29, 1.82) is 0 Å². The molecule has 1 amide bonds. The molecular weight excluding hydrogens is 356 g/mol. The number of hydrogen-bond acceptors (Lipinski definition) is 6. The van der Waals surface area contributed by atoms with Gasteiger partial charge in [-0.05, 0) is 51.2 Å². The maximum absolute atomic E-state index is 12.5. The number of nitrogens with one attached hydrogen (secondary N) is 1. The molecule has 0 atom stereocenters. The van der Waals surface area contributed by atoms with Crippen LogP contribution in [0.3, 0.4) is 0 Å². The van der Waals surface area contributed by atoms with Gasteiger partial charge in [-0.15, -0.1) is 0 Å². The number of ether oxygens (including phenoxy) is 1. The minimum Gasteiger partial charge on any atom is -0.496 e. The van der Waals surface area contributed by atoms with E-state index in [-0.39, 0.29) is 17.9 Å². The second-order valence-corrected chi connectivity index (χ2v) is 8.40. The van der Waals surface area contributed by atoms with Crippen molar-refractivity contribution in [3.8, 4) is 5.75 Å². The summed E-state index contributed by atoms with van der Waals surface area (Å²) >= 11 is 0. The van der Waals surface area contributed by atoms with Gasteiger partial charge in [-0.2, -0.15) is 0 Å². The number of carbonyl (C=O) groups excluding carboxylic acids is 1. The summed E-state index contributed by atoms with van der Waals surface area (Å²) in [7, 11) is 1.65. The predicted molar refractivity (Wildman–Crippen MR) is 107 cm³/mol. The van der Waals surface area contributed by atoms with Crippen LogP contribution in [0.25, 0.3) is 10.9 Å². The number of fused-ring (bicyclic) bond motifs is 1. The molecule has 7 heteroatoms. The maximum atomic E-state index is 12.5. The third kappa shape index (κ3) is 3.63. The monoisotopic (exact) mass is 384 g/mol. The number of anilines is 1. The van der Waals surface area contributed by atoms with Gasteiger partial charge in [0.15, 0.2) is 0 Å². The van der Waals surface area contributed by atoms with Crippen LogP contribution in [0.1, 0.15) is 45.4 Å². The number of nitrogens with zero attached hydrogens (tertiary/aromatic N) is 3. The molecule has 2 N–H and O–H groups in total. The quantitative estimate of drug-likeness (QED) is 0.824. The van der Waals surface area contributed by atoms with Crippen LogP contribution in [0.5, 0.6) is 5.75 Å². The number of aromatic nitrogens is 2. The molecule has 2 aliphatic rings. The zero-order chi connectivity index (χ0) is 19.8. The summed E-state index contributed by atoms with van der Waals surface area (Å²) in [5.41, 5.74) is -0.0967. The van der Waals surface area contributed by atoms with Crippen LogP contribution in [0, 0.1) is 0 Å². The normalized spacial score (nSPS) is 20.5. The Morgan fingerprint density at radius 2 is 2.00 bits per heavy atom. The Labute approximate surface area is 165 Å². The van der Waals surface area contributed by atoms with Crippen LogP contribution in [-0.2, 0) is 4.79 Å². The van der Waals surface area contributed by atoms with Gasteiger partial charge >= 0.3 is 0 Å². The smallest absolute Gasteiger partial charge is 0.225 e. The topological polar surface area (TPSA) is 87.6 Å². The molecule has 0 bridgehead atoms. The molecule has 1 aromatic carbocycles. The molecule has 2 heterocycles. The number of amides is 1. The number of likely N-dealkylation sites (tertiary alicyclic amines) is 1. The number of carbonyl (C=O) groups is 1. The highest BCUT2D eigenvalue weighted by Gasteiger charge is 2.39. The van der Waals surface area contributed by atoms with Crippen molar-refractivity contribution in [3.05, 3.63) is 24.5 Å². The zero-order valence-corrected chi connectivity index (χ0v) is 16.6. The van der Waals surface area contributed by atoms with E-state index in [0.29, 0.717) is 13.1 Å². The Kier molecular flexibility index (Phi) is 4.87. The van der Waals surface area contributed by atoms with Crippen LogP contribution < -0.4 is 10.1 Å². The number of benzene rings is 1. The molecule has 1 saturated carbocycles. The van der Waals surface area contributed by atoms with Crippen molar-refractivity contribution in [2.24, 2.45) is 0 Å². The first kappa shape index (κ1) is 18.9. The van der Waals surface area contributed by atoms with Crippen molar-refractivity contribution in [2.45, 2.75) is 56.6 Å². The first-order chi connectivity index (χ1) is 13.4. The Morgan fingerprint density at radius 3 is 2.64 bits per heavy atom. The minimum atomic E-state index is -0.757. The number of methoxy groups -OCH3 is 1. The van der Waals surface area contributed by atoms with Crippen molar-refractivity contribution in [3.63, 3.8) is 0 Å². The van der Waals surface area contributed by atoms with Gasteiger partial charge in [-0.1, -0.05) is 6.07 Å². The summed E-state index contributed by atoms with van der Waals surface area (Å²) in [6, 6.07) is 5.77. The summed E-state index contributed by atoms with van der Waals surface area (Å²) in [5.74, 6) is 1.57. The molecule has 0 unspecified atom stereocenters. The summed E-state index contributed by atoms with van der Waals surface area (Å²) in [6.45, 7) is 3.52. The van der Waals surface area contributed by atoms with E-state index < -0.39 is 5.60 Å². The highest BCUT2D eigenvalue weighted by molar-refractivity contribution is 5.94. The van der Waals surface area contributed by atoms with Crippen LogP contribution >= 0.6 is 0 Å². The van der Waals surface area contributed by atoms with Gasteiger partial charge < -0.3 is 20.1 Å². The van der Waals surface area contributed by atoms with E-state index >= 15 is 0 Å². The lowest BCUT2D eigenvalue weighted by Gasteiger charge is -2.42. The SMILES string of the molecule is COc1cccc2ncnc(NC3(C)CCN(C(=O)CC4(O)CCC4)CC3)c12. The highest BCUT2D eigenvalue weighted by Crippen LogP contribution is 2.36. The summed E-state index contributed by atoms with van der Waals surface area (Å²) in [5, 5.41) is 14.7. The Hall–Kier alpha value is -2.41. The summed E-state index contributed by atoms with van der Waals surface area (Å²) in [6.07, 6.45) is 5.96. The third-order valence-electron chi connectivity index (χ3n) is 6.25. The molecule has 150 valence electrons. The lowest BCUT2D eigenvalue weighted by Crippen LogP contribution is -2.51. The fourth-order valence-electron chi connectivity index (χ4n) is 4.16. The van der Waals surface area contributed by atoms with Crippen molar-refractivity contribution >= 4 is 22.6 Å². The van der Waals surface area contributed by atoms with E-state index in [1.807, 2.05) is 23.1 Å². The van der Waals surface area contributed by atoms with Crippen molar-refractivity contribution < 1.29 is 14.6 Å². The van der Waals surface area contributed by atoms with Crippen molar-refractivity contribution in [2.75, 3.05) is 25.5 Å². The fraction of sp³-hybridized carbons (Fsp3) is 0.571. The van der Waals surface area contributed by atoms with E-state index in [2.05, 4.69) is 22.2 Å². The first-order valence-electron chi connectivity index (χ1n) is 9.98. The number of piperidine rings is 1. The zero-order valence-electron chi connectivity index (χ0n) is 16.6. The highest BCUT2D eigenvalue weighted by atomic mass is 16.5. The lowest BCUT2D eigenvalue weighted by atomic mass is 9.77. The number of rotatable bonds is 5. The van der Waals surface area contributed by atoms with E-state index in [0.717, 1.165) is 54.6 Å². The van der Waals surface area contributed by atoms with Crippen molar-refractivity contribution in [1.82, 2.24) is 14.9 Å². The summed E-state index contributed by atoms with van der Waals surface area (Å²) < 4.78 is 5.50. The van der Waals surface area contributed by atoms with Gasteiger partial charge in [-0.3, -0.25) is 4.79 Å². The van der Waals surface area contributed by atoms with Gasteiger partial charge in [0.25, 0.3) is 0 Å². The van der Waals surface area contributed by atoms with Crippen LogP contribution in [0.4, 0.5) is 5.82 Å². The van der Waals surface area contributed by atoms with E-state index in [9.17, 15) is 9.90 Å². The third-order valence-corrected chi connectivity index (χ3v) is 6.25. The first-order valence-corrected chi connectivity index (χ1v) is 9.98. The average Bonchev–Trinajstić information content (AvgIpc) is 2.66.